The fraction of sp³-hybridized carbons (Fsp3) is 0.435. The van der Waals surface area contributed by atoms with Crippen molar-refractivity contribution in [3.63, 3.8) is 0 Å². The minimum atomic E-state index is -2.21. The Morgan fingerprint density at radius 1 is 1.30 bits per heavy atom. The van der Waals surface area contributed by atoms with Crippen molar-refractivity contribution >= 4 is 34.3 Å². The number of alkyl halides is 1. The van der Waals surface area contributed by atoms with Gasteiger partial charge in [-0.05, 0) is 11.5 Å². The van der Waals surface area contributed by atoms with Gasteiger partial charge in [-0.15, -0.1) is 0 Å². The average Bonchev–Trinajstić information content (AvgIpc) is 3.36. The molecule has 0 aliphatic carbocycles. The van der Waals surface area contributed by atoms with Crippen LogP contribution in [0.15, 0.2) is 41.7 Å². The SMILES string of the molecule is CC(=O)OC1(CF)OC(=O)C[C@@H]1NC(=O)[C@]1(C(C)C)CC(c2nccc3ccccc23)=NO1. The lowest BCUT2D eigenvalue weighted by atomic mass is 9.83. The number of nitrogens with zero attached hydrogens (tertiary/aromatic N) is 2. The number of carbonyl (C=O) groups is 3. The Labute approximate surface area is 189 Å². The van der Waals surface area contributed by atoms with E-state index in [2.05, 4.69) is 15.5 Å². The molecule has 2 aromatic rings. The zero-order chi connectivity index (χ0) is 23.8. The van der Waals surface area contributed by atoms with Gasteiger partial charge in [0.1, 0.15) is 11.8 Å². The van der Waals surface area contributed by atoms with Gasteiger partial charge in [-0.2, -0.15) is 0 Å². The first kappa shape index (κ1) is 22.6. The number of carbonyl (C=O) groups excluding carboxylic acids is 3. The Kier molecular flexibility index (Phi) is 5.77. The number of aromatic nitrogens is 1. The number of amides is 1. The molecule has 0 saturated carbocycles. The van der Waals surface area contributed by atoms with Gasteiger partial charge in [0.2, 0.25) is 5.60 Å². The summed E-state index contributed by atoms with van der Waals surface area (Å²) in [5.41, 5.74) is -0.343. The molecule has 2 aliphatic heterocycles. The molecule has 3 heterocycles. The van der Waals surface area contributed by atoms with Crippen LogP contribution in [0.2, 0.25) is 0 Å². The maximum Gasteiger partial charge on any atom is 0.311 e. The number of cyclic esters (lactones) is 1. The number of esters is 2. The van der Waals surface area contributed by atoms with Crippen molar-refractivity contribution in [2.45, 2.75) is 51.0 Å². The summed E-state index contributed by atoms with van der Waals surface area (Å²) in [5, 5.41) is 8.62. The number of nitrogens with one attached hydrogen (secondary N) is 1. The van der Waals surface area contributed by atoms with E-state index >= 15 is 0 Å². The van der Waals surface area contributed by atoms with Crippen molar-refractivity contribution in [1.29, 1.82) is 0 Å². The Balaban J connectivity index is 1.61. The summed E-state index contributed by atoms with van der Waals surface area (Å²) in [7, 11) is 0. The van der Waals surface area contributed by atoms with Crippen LogP contribution in [-0.2, 0) is 28.7 Å². The van der Waals surface area contributed by atoms with Gasteiger partial charge in [0.05, 0.1) is 12.1 Å². The summed E-state index contributed by atoms with van der Waals surface area (Å²) in [5.74, 6) is -4.81. The molecule has 1 aromatic heterocycles. The number of halogens is 1. The Bertz CT molecular complexity index is 1150. The minimum absolute atomic E-state index is 0.106. The number of fused-ring (bicyclic) bond motifs is 1. The van der Waals surface area contributed by atoms with Crippen LogP contribution in [0.3, 0.4) is 0 Å². The second kappa shape index (κ2) is 8.42. The van der Waals surface area contributed by atoms with Crippen LogP contribution in [0.25, 0.3) is 10.8 Å². The van der Waals surface area contributed by atoms with Gasteiger partial charge in [-0.25, -0.2) is 4.39 Å². The molecule has 1 aromatic carbocycles. The van der Waals surface area contributed by atoms with E-state index in [-0.39, 0.29) is 18.8 Å². The summed E-state index contributed by atoms with van der Waals surface area (Å²) >= 11 is 0. The first-order valence-electron chi connectivity index (χ1n) is 10.6. The number of ether oxygens (including phenoxy) is 2. The van der Waals surface area contributed by atoms with Crippen LogP contribution in [0.5, 0.6) is 0 Å². The number of hydrogen-bond donors (Lipinski definition) is 1. The predicted molar refractivity (Wildman–Crippen MR) is 115 cm³/mol. The summed E-state index contributed by atoms with van der Waals surface area (Å²) < 4.78 is 23.8. The summed E-state index contributed by atoms with van der Waals surface area (Å²) in [6.07, 6.45) is 1.41. The molecule has 0 bridgehead atoms. The number of benzene rings is 1. The normalized spacial score (nSPS) is 26.6. The van der Waals surface area contributed by atoms with Crippen LogP contribution in [0, 0.1) is 5.92 Å². The standard InChI is InChI=1S/C23H24FN3O6/c1-13(2)22(21(30)26-18-10-19(29)32-23(18,12-24)31-14(3)28)11-17(27-33-22)20-16-7-5-4-6-15(16)8-9-25-20/h4-9,13,18H,10-12H2,1-3H3,(H,26,30)/t18-,22+,23?/m0/s1. The van der Waals surface area contributed by atoms with Crippen LogP contribution in [0.4, 0.5) is 4.39 Å². The van der Waals surface area contributed by atoms with E-state index in [9.17, 15) is 18.8 Å². The van der Waals surface area contributed by atoms with Crippen molar-refractivity contribution in [3.05, 3.63) is 42.2 Å². The zero-order valence-electron chi connectivity index (χ0n) is 18.5. The maximum atomic E-state index is 13.9. The quantitative estimate of drug-likeness (QED) is 0.662. The molecular formula is C23H24FN3O6. The predicted octanol–water partition coefficient (Wildman–Crippen LogP) is 2.41. The lowest BCUT2D eigenvalue weighted by Gasteiger charge is -2.34. The summed E-state index contributed by atoms with van der Waals surface area (Å²) in [4.78, 5) is 47.0. The molecule has 1 unspecified atom stereocenters. The largest absolute Gasteiger partial charge is 0.418 e. The van der Waals surface area contributed by atoms with Crippen molar-refractivity contribution in [3.8, 4) is 0 Å². The highest BCUT2D eigenvalue weighted by molar-refractivity contribution is 6.11. The van der Waals surface area contributed by atoms with Gasteiger partial charge in [-0.3, -0.25) is 19.4 Å². The number of pyridine rings is 1. The molecule has 1 amide bonds. The Morgan fingerprint density at radius 3 is 2.76 bits per heavy atom. The molecule has 3 atom stereocenters. The first-order valence-corrected chi connectivity index (χ1v) is 10.6. The maximum absolute atomic E-state index is 13.9. The highest BCUT2D eigenvalue weighted by atomic mass is 19.1. The fourth-order valence-electron chi connectivity index (χ4n) is 4.17. The number of rotatable bonds is 6. The van der Waals surface area contributed by atoms with E-state index in [4.69, 9.17) is 14.3 Å². The van der Waals surface area contributed by atoms with Gasteiger partial charge >= 0.3 is 17.7 Å². The van der Waals surface area contributed by atoms with E-state index in [1.165, 1.54) is 0 Å². The molecule has 1 N–H and O–H groups in total. The van der Waals surface area contributed by atoms with E-state index in [1.807, 2.05) is 30.3 Å². The van der Waals surface area contributed by atoms with Crippen LogP contribution in [0.1, 0.15) is 39.3 Å². The van der Waals surface area contributed by atoms with Crippen LogP contribution < -0.4 is 5.32 Å². The molecule has 2 aliphatic rings. The Hall–Kier alpha value is -3.56. The molecule has 9 nitrogen and oxygen atoms in total. The zero-order valence-corrected chi connectivity index (χ0v) is 18.5. The van der Waals surface area contributed by atoms with Gasteiger partial charge < -0.3 is 19.6 Å². The lowest BCUT2D eigenvalue weighted by molar-refractivity contribution is -0.224. The molecule has 33 heavy (non-hydrogen) atoms. The fourth-order valence-corrected chi connectivity index (χ4v) is 4.17. The van der Waals surface area contributed by atoms with Crippen molar-refractivity contribution in [1.82, 2.24) is 10.3 Å². The van der Waals surface area contributed by atoms with Crippen LogP contribution >= 0.6 is 0 Å². The molecule has 0 radical (unpaired) electrons. The third-order valence-corrected chi connectivity index (χ3v) is 6.01. The molecule has 1 saturated heterocycles. The van der Waals surface area contributed by atoms with E-state index in [0.717, 1.165) is 17.7 Å². The van der Waals surface area contributed by atoms with Gasteiger partial charge in [0.15, 0.2) is 6.67 Å². The lowest BCUT2D eigenvalue weighted by Crippen LogP contribution is -2.60. The van der Waals surface area contributed by atoms with E-state index in [0.29, 0.717) is 11.4 Å². The van der Waals surface area contributed by atoms with E-state index < -0.39 is 42.0 Å². The molecular weight excluding hydrogens is 433 g/mol. The number of oxime groups is 1. The third-order valence-electron chi connectivity index (χ3n) is 6.01. The first-order chi connectivity index (χ1) is 15.7. The van der Waals surface area contributed by atoms with E-state index in [1.54, 1.807) is 20.0 Å². The average molecular weight is 457 g/mol. The molecule has 0 spiro atoms. The Morgan fingerprint density at radius 2 is 2.06 bits per heavy atom. The van der Waals surface area contributed by atoms with Crippen molar-refractivity contribution in [2.75, 3.05) is 6.67 Å². The van der Waals surface area contributed by atoms with Gasteiger partial charge in [-0.1, -0.05) is 43.3 Å². The van der Waals surface area contributed by atoms with Gasteiger partial charge in [0.25, 0.3) is 5.91 Å². The van der Waals surface area contributed by atoms with Crippen LogP contribution in [-0.4, -0.2) is 52.6 Å². The smallest absolute Gasteiger partial charge is 0.311 e. The third kappa shape index (κ3) is 3.90. The molecule has 174 valence electrons. The number of hydrogen-bond acceptors (Lipinski definition) is 8. The second-order valence-corrected chi connectivity index (χ2v) is 8.47. The molecule has 1 fully saturated rings. The molecule has 4 rings (SSSR count). The van der Waals surface area contributed by atoms with Crippen molar-refractivity contribution < 1.29 is 33.1 Å². The topological polar surface area (TPSA) is 116 Å². The highest BCUT2D eigenvalue weighted by Gasteiger charge is 2.57. The minimum Gasteiger partial charge on any atom is -0.418 e. The van der Waals surface area contributed by atoms with Crippen molar-refractivity contribution in [2.24, 2.45) is 11.1 Å². The van der Waals surface area contributed by atoms with Gasteiger partial charge in [0, 0.05) is 30.8 Å². The second-order valence-electron chi connectivity index (χ2n) is 8.47. The summed E-state index contributed by atoms with van der Waals surface area (Å²) in [6.45, 7) is 3.34. The monoisotopic (exact) mass is 457 g/mol. The highest BCUT2D eigenvalue weighted by Crippen LogP contribution is 2.37. The molecule has 10 heteroatoms. The summed E-state index contributed by atoms with van der Waals surface area (Å²) in [6, 6.07) is 8.31.